The lowest BCUT2D eigenvalue weighted by Gasteiger charge is -2.33. The zero-order valence-electron chi connectivity index (χ0n) is 38.3. The monoisotopic (exact) mass is 901 g/mol. The summed E-state index contributed by atoms with van der Waals surface area (Å²) in [6.45, 7) is 14.9. The van der Waals surface area contributed by atoms with E-state index in [1.807, 2.05) is 78.0 Å². The Bertz CT molecular complexity index is 2410. The normalized spacial score (nSPS) is 27.5. The second-order valence-corrected chi connectivity index (χ2v) is 21.9. The Kier molecular flexibility index (Phi) is 13.0. The molecule has 7 rings (SSSR count). The maximum Gasteiger partial charge on any atom is 0.315 e. The van der Waals surface area contributed by atoms with E-state index < -0.39 is 73.7 Å². The van der Waals surface area contributed by atoms with Crippen LogP contribution in [0.3, 0.4) is 0 Å². The van der Waals surface area contributed by atoms with Gasteiger partial charge in [0.05, 0.1) is 30.2 Å². The van der Waals surface area contributed by atoms with Crippen LogP contribution in [0.5, 0.6) is 17.5 Å². The van der Waals surface area contributed by atoms with E-state index in [1.165, 1.54) is 4.90 Å². The van der Waals surface area contributed by atoms with Crippen molar-refractivity contribution in [3.8, 4) is 28.8 Å². The first-order valence-corrected chi connectivity index (χ1v) is 23.8. The van der Waals surface area contributed by atoms with Gasteiger partial charge in [-0.2, -0.15) is 0 Å². The summed E-state index contributed by atoms with van der Waals surface area (Å²) in [6, 6.07) is 8.29. The molecule has 2 aliphatic heterocycles. The number of sulfonamides is 1. The molecule has 4 aliphatic rings. The number of pyridine rings is 2. The van der Waals surface area contributed by atoms with Gasteiger partial charge >= 0.3 is 6.03 Å². The van der Waals surface area contributed by atoms with Gasteiger partial charge in [-0.25, -0.2) is 23.2 Å². The number of benzene rings is 1. The molecule has 7 atom stereocenters. The Morgan fingerprint density at radius 3 is 2.45 bits per heavy atom. The van der Waals surface area contributed by atoms with Crippen molar-refractivity contribution in [3.05, 3.63) is 54.7 Å². The number of ether oxygens (including phenoxy) is 3. The highest BCUT2D eigenvalue weighted by Gasteiger charge is 2.63. The standard InChI is InChI=1S/C47H63N7O9S/c1-27(2)62-38-17-14-30(25-48-38)36-22-31-21-33(61-9)15-16-35(31)41(49-36)63-34-23-37-40(55)51-47(43(57)53-64(59,60)46(8)18-19-46)24-32(47)13-11-10-12-28(3)20-29(4)39(42(56)54(37)26-34)50-44(58)52-45(5,6)7/h11,13-17,21-22,25,27-29,32,34,37,39H,10,12,18-20,23-24,26H2,1-9H3,(H,51,55)(H,53,57)(H2,50,52,58)/b13-11-/t28-,29+,32?,34?,37-,39-,47+/m0/s1. The van der Waals surface area contributed by atoms with Crippen molar-refractivity contribution in [2.24, 2.45) is 17.8 Å². The van der Waals surface area contributed by atoms with Gasteiger partial charge < -0.3 is 35.1 Å². The Morgan fingerprint density at radius 2 is 1.80 bits per heavy atom. The predicted octanol–water partition coefficient (Wildman–Crippen LogP) is 5.79. The molecular formula is C47H63N7O9S. The molecule has 3 aromatic rings. The molecule has 1 saturated heterocycles. The summed E-state index contributed by atoms with van der Waals surface area (Å²) in [5, 5.41) is 10.2. The van der Waals surface area contributed by atoms with Gasteiger partial charge in [0.15, 0.2) is 0 Å². The smallest absolute Gasteiger partial charge is 0.315 e. The van der Waals surface area contributed by atoms with E-state index in [9.17, 15) is 22.8 Å². The highest BCUT2D eigenvalue weighted by Crippen LogP contribution is 2.48. The molecule has 3 fully saturated rings. The summed E-state index contributed by atoms with van der Waals surface area (Å²) in [5.41, 5.74) is -0.912. The van der Waals surface area contributed by atoms with Crippen LogP contribution < -0.4 is 34.9 Å². The molecule has 2 saturated carbocycles. The number of carbonyl (C=O) groups excluding carboxylic acids is 4. The molecule has 5 amide bonds. The van der Waals surface area contributed by atoms with E-state index in [1.54, 1.807) is 32.4 Å². The number of allylic oxidation sites excluding steroid dienone is 1. The molecule has 2 unspecified atom stereocenters. The summed E-state index contributed by atoms with van der Waals surface area (Å²) in [6.07, 6.45) is 7.75. The zero-order chi connectivity index (χ0) is 46.4. The van der Waals surface area contributed by atoms with Crippen LogP contribution in [0, 0.1) is 17.8 Å². The fourth-order valence-electron chi connectivity index (χ4n) is 8.68. The van der Waals surface area contributed by atoms with Gasteiger partial charge in [-0.1, -0.05) is 26.0 Å². The van der Waals surface area contributed by atoms with Crippen LogP contribution in [0.25, 0.3) is 22.0 Å². The largest absolute Gasteiger partial charge is 0.497 e. The van der Waals surface area contributed by atoms with Crippen LogP contribution in [-0.4, -0.2) is 101 Å². The summed E-state index contributed by atoms with van der Waals surface area (Å²) >= 11 is 0. The quantitative estimate of drug-likeness (QED) is 0.179. The summed E-state index contributed by atoms with van der Waals surface area (Å²) in [5.74, 6) is -1.26. The number of hydrogen-bond acceptors (Lipinski definition) is 11. The highest BCUT2D eigenvalue weighted by molar-refractivity contribution is 7.91. The van der Waals surface area contributed by atoms with E-state index >= 15 is 4.79 Å². The molecule has 16 nitrogen and oxygen atoms in total. The minimum Gasteiger partial charge on any atom is -0.497 e. The highest BCUT2D eigenvalue weighted by atomic mass is 32.2. The molecule has 0 radical (unpaired) electrons. The van der Waals surface area contributed by atoms with E-state index in [4.69, 9.17) is 19.2 Å². The molecule has 0 bridgehead atoms. The maximum absolute atomic E-state index is 15.1. The van der Waals surface area contributed by atoms with Crippen LogP contribution in [0.1, 0.15) is 100 Å². The molecule has 0 spiro atoms. The predicted molar refractivity (Wildman–Crippen MR) is 242 cm³/mol. The number of hydrogen-bond donors (Lipinski definition) is 4. The number of rotatable bonds is 10. The van der Waals surface area contributed by atoms with Crippen molar-refractivity contribution >= 4 is 44.5 Å². The minimum absolute atomic E-state index is 0.00416. The third kappa shape index (κ3) is 10.2. The first-order valence-electron chi connectivity index (χ1n) is 22.3. The second kappa shape index (κ2) is 17.8. The van der Waals surface area contributed by atoms with E-state index in [0.717, 1.165) is 11.8 Å². The zero-order valence-corrected chi connectivity index (χ0v) is 39.1. The van der Waals surface area contributed by atoms with Crippen LogP contribution in [0.2, 0.25) is 0 Å². The van der Waals surface area contributed by atoms with Crippen molar-refractivity contribution < 1.29 is 41.8 Å². The van der Waals surface area contributed by atoms with E-state index in [2.05, 4.69) is 32.6 Å². The van der Waals surface area contributed by atoms with Gasteiger partial charge in [-0.3, -0.25) is 19.1 Å². The van der Waals surface area contributed by atoms with Gasteiger partial charge in [-0.05, 0) is 128 Å². The molecule has 2 aromatic heterocycles. The molecule has 4 heterocycles. The van der Waals surface area contributed by atoms with Crippen LogP contribution >= 0.6 is 0 Å². The van der Waals surface area contributed by atoms with Crippen molar-refractivity contribution in [1.29, 1.82) is 0 Å². The number of nitrogens with one attached hydrogen (secondary N) is 4. The molecule has 1 aromatic carbocycles. The second-order valence-electron chi connectivity index (χ2n) is 19.7. The third-order valence-electron chi connectivity index (χ3n) is 12.7. The molecule has 17 heteroatoms. The van der Waals surface area contributed by atoms with Crippen LogP contribution in [0.4, 0.5) is 4.79 Å². The van der Waals surface area contributed by atoms with Crippen LogP contribution in [0.15, 0.2) is 54.7 Å². The van der Waals surface area contributed by atoms with Gasteiger partial charge in [0, 0.05) is 41.1 Å². The third-order valence-corrected chi connectivity index (χ3v) is 14.9. The molecule has 64 heavy (non-hydrogen) atoms. The van der Waals surface area contributed by atoms with Crippen molar-refractivity contribution in [2.45, 2.75) is 140 Å². The number of fused-ring (bicyclic) bond motifs is 3. The Labute approximate surface area is 376 Å². The summed E-state index contributed by atoms with van der Waals surface area (Å²) in [7, 11) is -2.45. The molecule has 346 valence electrons. The Balaban J connectivity index is 1.26. The van der Waals surface area contributed by atoms with Gasteiger partial charge in [0.2, 0.25) is 33.6 Å². The maximum atomic E-state index is 15.1. The summed E-state index contributed by atoms with van der Waals surface area (Å²) < 4.78 is 46.0. The van der Waals surface area contributed by atoms with Crippen molar-refractivity contribution in [1.82, 2.24) is 35.5 Å². The number of amides is 5. The van der Waals surface area contributed by atoms with Crippen molar-refractivity contribution in [3.63, 3.8) is 0 Å². The first kappa shape index (κ1) is 46.5. The topological polar surface area (TPSA) is 207 Å². The number of carbonyl (C=O) groups is 4. The van der Waals surface area contributed by atoms with E-state index in [0.29, 0.717) is 54.0 Å². The van der Waals surface area contributed by atoms with Gasteiger partial charge in [0.25, 0.3) is 5.91 Å². The molecule has 2 aliphatic carbocycles. The lowest BCUT2D eigenvalue weighted by molar-refractivity contribution is -0.142. The number of nitrogens with zero attached hydrogens (tertiary/aromatic N) is 3. The minimum atomic E-state index is -4.03. The van der Waals surface area contributed by atoms with Crippen molar-refractivity contribution in [2.75, 3.05) is 13.7 Å². The van der Waals surface area contributed by atoms with Crippen LogP contribution in [-0.2, 0) is 24.4 Å². The number of methoxy groups -OCH3 is 1. The first-order chi connectivity index (χ1) is 30.1. The summed E-state index contributed by atoms with van der Waals surface area (Å²) in [4.78, 5) is 68.3. The lowest BCUT2D eigenvalue weighted by Crippen LogP contribution is -2.60. The average Bonchev–Trinajstić information content (AvgIpc) is 4.10. The molecule has 4 N–H and O–H groups in total. The van der Waals surface area contributed by atoms with E-state index in [-0.39, 0.29) is 43.2 Å². The number of urea groups is 1. The average molecular weight is 902 g/mol. The lowest BCUT2D eigenvalue weighted by atomic mass is 9.88. The number of aromatic nitrogens is 2. The Hall–Kier alpha value is -5.45. The molecular weight excluding hydrogens is 839 g/mol. The Morgan fingerprint density at radius 1 is 1.05 bits per heavy atom. The van der Waals surface area contributed by atoms with Gasteiger partial charge in [0.1, 0.15) is 29.5 Å². The van der Waals surface area contributed by atoms with Gasteiger partial charge in [-0.15, -0.1) is 0 Å². The SMILES string of the molecule is COc1ccc2c(OC3C[C@H]4C(=O)N[C@]5(C(=O)NS(=O)(=O)C6(C)CC6)CC5/C=C\CC[C@H](C)C[C@@H](C)[C@H](NC(=O)NC(C)(C)C)C(=O)N4C3)nc(-c3ccc(OC(C)C)nc3)cc2c1. The fraction of sp³-hybridized carbons (Fsp3) is 0.574. The fourth-order valence-corrected chi connectivity index (χ4v) is 10.00.